The molecule has 1 aliphatic carbocycles. The standard InChI is InChI=1S/C20H20ClNO4/c1-13(26-18-9-6-16(21)7-10-18)20(24)25-12-19(23)22-17-8-5-14-3-2-4-15(14)11-17/h5-11,13H,2-4,12H2,1H3,(H,22,23). The summed E-state index contributed by atoms with van der Waals surface area (Å²) in [6.07, 6.45) is 2.44. The lowest BCUT2D eigenvalue weighted by molar-refractivity contribution is -0.153. The van der Waals surface area contributed by atoms with E-state index < -0.39 is 12.1 Å². The van der Waals surface area contributed by atoms with Gasteiger partial charge >= 0.3 is 5.97 Å². The third-order valence-corrected chi connectivity index (χ3v) is 4.44. The van der Waals surface area contributed by atoms with Gasteiger partial charge in [-0.05, 0) is 73.7 Å². The molecule has 0 fully saturated rings. The largest absolute Gasteiger partial charge is 0.479 e. The lowest BCUT2D eigenvalue weighted by Gasteiger charge is -2.14. The second-order valence-electron chi connectivity index (χ2n) is 6.21. The summed E-state index contributed by atoms with van der Waals surface area (Å²) in [5.41, 5.74) is 3.32. The number of hydrogen-bond donors (Lipinski definition) is 1. The van der Waals surface area contributed by atoms with Gasteiger partial charge in [0.2, 0.25) is 0 Å². The molecule has 6 heteroatoms. The van der Waals surface area contributed by atoms with Gasteiger partial charge in [0.1, 0.15) is 5.75 Å². The number of benzene rings is 2. The highest BCUT2D eigenvalue weighted by molar-refractivity contribution is 6.30. The lowest BCUT2D eigenvalue weighted by atomic mass is 10.1. The molecule has 26 heavy (non-hydrogen) atoms. The molecule has 5 nitrogen and oxygen atoms in total. The first-order valence-corrected chi connectivity index (χ1v) is 8.89. The van der Waals surface area contributed by atoms with Crippen LogP contribution in [0.2, 0.25) is 5.02 Å². The van der Waals surface area contributed by atoms with E-state index in [0.29, 0.717) is 10.8 Å². The Bertz CT molecular complexity index is 804. The molecule has 1 atom stereocenters. The molecule has 0 aromatic heterocycles. The molecule has 0 aliphatic heterocycles. The number of esters is 1. The van der Waals surface area contributed by atoms with Crippen molar-refractivity contribution in [3.8, 4) is 5.75 Å². The zero-order valence-corrected chi connectivity index (χ0v) is 15.2. The van der Waals surface area contributed by atoms with E-state index in [1.807, 2.05) is 18.2 Å². The number of carbonyl (C=O) groups excluding carboxylic acids is 2. The number of halogens is 1. The minimum absolute atomic E-state index is 0.357. The average molecular weight is 374 g/mol. The molecule has 136 valence electrons. The highest BCUT2D eigenvalue weighted by Gasteiger charge is 2.18. The first kappa shape index (κ1) is 18.3. The van der Waals surface area contributed by atoms with E-state index in [1.54, 1.807) is 31.2 Å². The molecule has 0 spiro atoms. The number of fused-ring (bicyclic) bond motifs is 1. The van der Waals surface area contributed by atoms with Crippen molar-refractivity contribution in [3.63, 3.8) is 0 Å². The second-order valence-corrected chi connectivity index (χ2v) is 6.64. The molecule has 0 saturated heterocycles. The van der Waals surface area contributed by atoms with Crippen molar-refractivity contribution in [2.75, 3.05) is 11.9 Å². The summed E-state index contributed by atoms with van der Waals surface area (Å²) >= 11 is 5.80. The second kappa shape index (κ2) is 8.23. The maximum absolute atomic E-state index is 12.0. The zero-order valence-electron chi connectivity index (χ0n) is 14.5. The molecular weight excluding hydrogens is 354 g/mol. The van der Waals surface area contributed by atoms with Gasteiger partial charge in [0.15, 0.2) is 12.7 Å². The topological polar surface area (TPSA) is 64.6 Å². The van der Waals surface area contributed by atoms with Crippen LogP contribution in [0, 0.1) is 0 Å². The van der Waals surface area contributed by atoms with Crippen LogP contribution in [0.1, 0.15) is 24.5 Å². The summed E-state index contributed by atoms with van der Waals surface area (Å²) in [6, 6.07) is 12.5. The van der Waals surface area contributed by atoms with Crippen LogP contribution >= 0.6 is 11.6 Å². The van der Waals surface area contributed by atoms with Crippen molar-refractivity contribution < 1.29 is 19.1 Å². The third-order valence-electron chi connectivity index (χ3n) is 4.19. The average Bonchev–Trinajstić information content (AvgIpc) is 3.09. The van der Waals surface area contributed by atoms with E-state index in [1.165, 1.54) is 11.1 Å². The summed E-state index contributed by atoms with van der Waals surface area (Å²) < 4.78 is 10.5. The monoisotopic (exact) mass is 373 g/mol. The van der Waals surface area contributed by atoms with Crippen molar-refractivity contribution in [2.45, 2.75) is 32.3 Å². The summed E-state index contributed by atoms with van der Waals surface area (Å²) in [5.74, 6) is -0.486. The molecule has 1 aliphatic rings. The van der Waals surface area contributed by atoms with Gasteiger partial charge in [-0.25, -0.2) is 4.79 Å². The molecule has 0 radical (unpaired) electrons. The van der Waals surface area contributed by atoms with Crippen molar-refractivity contribution in [1.82, 2.24) is 0 Å². The quantitative estimate of drug-likeness (QED) is 0.783. The molecule has 1 N–H and O–H groups in total. The summed E-state index contributed by atoms with van der Waals surface area (Å²) in [7, 11) is 0. The predicted octanol–water partition coefficient (Wildman–Crippen LogP) is 3.78. The number of anilines is 1. The molecule has 2 aromatic rings. The molecule has 0 bridgehead atoms. The van der Waals surface area contributed by atoms with Crippen LogP contribution in [0.25, 0.3) is 0 Å². The van der Waals surface area contributed by atoms with Gasteiger partial charge in [-0.2, -0.15) is 0 Å². The van der Waals surface area contributed by atoms with Gasteiger partial charge in [0.25, 0.3) is 5.91 Å². The van der Waals surface area contributed by atoms with Crippen LogP contribution in [0.3, 0.4) is 0 Å². The molecule has 1 unspecified atom stereocenters. The number of rotatable bonds is 6. The highest BCUT2D eigenvalue weighted by Crippen LogP contribution is 2.24. The van der Waals surface area contributed by atoms with Gasteiger partial charge in [0, 0.05) is 10.7 Å². The minimum Gasteiger partial charge on any atom is -0.479 e. The fourth-order valence-corrected chi connectivity index (χ4v) is 2.99. The van der Waals surface area contributed by atoms with Gasteiger partial charge in [0.05, 0.1) is 0 Å². The maximum atomic E-state index is 12.0. The highest BCUT2D eigenvalue weighted by atomic mass is 35.5. The molecule has 1 amide bonds. The number of hydrogen-bond acceptors (Lipinski definition) is 4. The maximum Gasteiger partial charge on any atom is 0.347 e. The van der Waals surface area contributed by atoms with E-state index in [4.69, 9.17) is 21.1 Å². The Morgan fingerprint density at radius 1 is 1.12 bits per heavy atom. The van der Waals surface area contributed by atoms with Crippen LogP contribution in [0.15, 0.2) is 42.5 Å². The van der Waals surface area contributed by atoms with E-state index in [0.717, 1.165) is 24.9 Å². The van der Waals surface area contributed by atoms with E-state index in [-0.39, 0.29) is 12.5 Å². The Morgan fingerprint density at radius 3 is 2.62 bits per heavy atom. The van der Waals surface area contributed by atoms with Crippen molar-refractivity contribution >= 4 is 29.2 Å². The Hall–Kier alpha value is -2.53. The van der Waals surface area contributed by atoms with Gasteiger partial charge < -0.3 is 14.8 Å². The van der Waals surface area contributed by atoms with E-state index in [2.05, 4.69) is 5.32 Å². The fourth-order valence-electron chi connectivity index (χ4n) is 2.87. The normalized spacial score (nSPS) is 13.6. The number of carbonyl (C=O) groups is 2. The smallest absolute Gasteiger partial charge is 0.347 e. The van der Waals surface area contributed by atoms with Gasteiger partial charge in [-0.15, -0.1) is 0 Å². The van der Waals surface area contributed by atoms with Gasteiger partial charge in [-0.3, -0.25) is 4.79 Å². The lowest BCUT2D eigenvalue weighted by Crippen LogP contribution is -2.29. The number of ether oxygens (including phenoxy) is 2. The van der Waals surface area contributed by atoms with Gasteiger partial charge in [-0.1, -0.05) is 17.7 Å². The summed E-state index contributed by atoms with van der Waals surface area (Å²) in [5, 5.41) is 3.33. The fraction of sp³-hybridized carbons (Fsp3) is 0.300. The first-order chi connectivity index (χ1) is 12.5. The van der Waals surface area contributed by atoms with Crippen LogP contribution in [-0.4, -0.2) is 24.6 Å². The Labute approximate surface area is 157 Å². The number of nitrogens with one attached hydrogen (secondary N) is 1. The minimum atomic E-state index is -0.830. The van der Waals surface area contributed by atoms with Crippen molar-refractivity contribution in [1.29, 1.82) is 0 Å². The molecule has 0 saturated carbocycles. The zero-order chi connectivity index (χ0) is 18.5. The Balaban J connectivity index is 1.46. The number of amides is 1. The van der Waals surface area contributed by atoms with Crippen LogP contribution in [0.5, 0.6) is 5.75 Å². The van der Waals surface area contributed by atoms with Crippen LogP contribution in [0.4, 0.5) is 5.69 Å². The molecular formula is C20H20ClNO4. The SMILES string of the molecule is CC(Oc1ccc(Cl)cc1)C(=O)OCC(=O)Nc1ccc2c(c1)CCC2. The molecule has 2 aromatic carbocycles. The van der Waals surface area contributed by atoms with Crippen molar-refractivity contribution in [3.05, 3.63) is 58.6 Å². The van der Waals surface area contributed by atoms with E-state index in [9.17, 15) is 9.59 Å². The third kappa shape index (κ3) is 4.76. The molecule has 3 rings (SSSR count). The van der Waals surface area contributed by atoms with Crippen LogP contribution < -0.4 is 10.1 Å². The van der Waals surface area contributed by atoms with E-state index >= 15 is 0 Å². The summed E-state index contributed by atoms with van der Waals surface area (Å²) in [6.45, 7) is 1.21. The van der Waals surface area contributed by atoms with Crippen LogP contribution in [-0.2, 0) is 27.2 Å². The predicted molar refractivity (Wildman–Crippen MR) is 99.6 cm³/mol. The Kier molecular flexibility index (Phi) is 5.78. The molecule has 0 heterocycles. The van der Waals surface area contributed by atoms with Crippen molar-refractivity contribution in [2.24, 2.45) is 0 Å². The summed E-state index contributed by atoms with van der Waals surface area (Å²) in [4.78, 5) is 24.0. The first-order valence-electron chi connectivity index (χ1n) is 8.52. The number of aryl methyl sites for hydroxylation is 2. The Morgan fingerprint density at radius 2 is 1.85 bits per heavy atom.